The number of nitrogens with two attached hydrogens (primary N) is 1. The average Bonchev–Trinajstić information content (AvgIpc) is 2.95. The molecule has 1 aromatic carbocycles. The average molecular weight is 291 g/mol. The Kier molecular flexibility index (Phi) is 5.57. The van der Waals surface area contributed by atoms with Gasteiger partial charge in [-0.05, 0) is 25.5 Å². The predicted molar refractivity (Wildman–Crippen MR) is 78.8 cm³/mol. The maximum absolute atomic E-state index is 5.81. The summed E-state index contributed by atoms with van der Waals surface area (Å²) in [6.45, 7) is 4.84. The van der Waals surface area contributed by atoms with Gasteiger partial charge in [0.25, 0.3) is 5.89 Å². The Balaban J connectivity index is 1.98. The molecule has 1 unspecified atom stereocenters. The highest BCUT2D eigenvalue weighted by molar-refractivity contribution is 5.51. The second-order valence-corrected chi connectivity index (χ2v) is 4.61. The maximum atomic E-state index is 5.81. The Morgan fingerprint density at radius 2 is 2.10 bits per heavy atom. The molecule has 0 bridgehead atoms. The fraction of sp³-hybridized carbons (Fsp3) is 0.467. The van der Waals surface area contributed by atoms with Gasteiger partial charge in [0.15, 0.2) is 6.61 Å². The number of nitrogens with zero attached hydrogens (tertiary/aromatic N) is 2. The number of benzene rings is 1. The summed E-state index contributed by atoms with van der Waals surface area (Å²) >= 11 is 0. The van der Waals surface area contributed by atoms with Crippen molar-refractivity contribution in [3.63, 3.8) is 0 Å². The van der Waals surface area contributed by atoms with E-state index in [0.29, 0.717) is 29.8 Å². The minimum atomic E-state index is -0.126. The van der Waals surface area contributed by atoms with Gasteiger partial charge in [-0.15, -0.1) is 0 Å². The monoisotopic (exact) mass is 291 g/mol. The van der Waals surface area contributed by atoms with Crippen molar-refractivity contribution < 1.29 is 14.0 Å². The summed E-state index contributed by atoms with van der Waals surface area (Å²) < 4.78 is 16.4. The fourth-order valence-electron chi connectivity index (χ4n) is 1.96. The quantitative estimate of drug-likeness (QED) is 0.752. The number of hydrogen-bond donors (Lipinski definition) is 1. The number of ether oxygens (including phenoxy) is 2. The molecular weight excluding hydrogens is 270 g/mol. The second kappa shape index (κ2) is 7.64. The van der Waals surface area contributed by atoms with Crippen LogP contribution in [0, 0.1) is 0 Å². The molecule has 6 nitrogen and oxygen atoms in total. The van der Waals surface area contributed by atoms with E-state index in [0.717, 1.165) is 12.8 Å². The molecular formula is C15H21N3O3. The molecule has 0 aliphatic heterocycles. The van der Waals surface area contributed by atoms with Gasteiger partial charge >= 0.3 is 0 Å². The fourth-order valence-corrected chi connectivity index (χ4v) is 1.96. The minimum Gasteiger partial charge on any atom is -0.482 e. The molecule has 0 aliphatic rings. The molecule has 2 aromatic rings. The van der Waals surface area contributed by atoms with E-state index in [4.69, 9.17) is 19.7 Å². The van der Waals surface area contributed by atoms with E-state index >= 15 is 0 Å². The lowest BCUT2D eigenvalue weighted by Crippen LogP contribution is -2.06. The number of hydrogen-bond acceptors (Lipinski definition) is 6. The Morgan fingerprint density at radius 1 is 1.29 bits per heavy atom. The van der Waals surface area contributed by atoms with Gasteiger partial charge in [-0.3, -0.25) is 0 Å². The number of aromatic nitrogens is 2. The van der Waals surface area contributed by atoms with Gasteiger partial charge in [-0.1, -0.05) is 30.6 Å². The normalized spacial score (nSPS) is 12.3. The second-order valence-electron chi connectivity index (χ2n) is 4.61. The van der Waals surface area contributed by atoms with Crippen LogP contribution in [0.4, 0.5) is 5.69 Å². The smallest absolute Gasteiger partial charge is 0.264 e. The first-order valence-corrected chi connectivity index (χ1v) is 7.16. The zero-order chi connectivity index (χ0) is 15.1. The van der Waals surface area contributed by atoms with Gasteiger partial charge in [-0.2, -0.15) is 4.98 Å². The Bertz CT molecular complexity index is 551. The first kappa shape index (κ1) is 15.3. The van der Waals surface area contributed by atoms with E-state index < -0.39 is 0 Å². The van der Waals surface area contributed by atoms with Crippen molar-refractivity contribution in [2.24, 2.45) is 0 Å². The molecule has 1 atom stereocenters. The summed E-state index contributed by atoms with van der Waals surface area (Å²) in [7, 11) is 0. The van der Waals surface area contributed by atoms with Crippen molar-refractivity contribution >= 4 is 5.69 Å². The summed E-state index contributed by atoms with van der Waals surface area (Å²) in [6, 6.07) is 7.29. The molecule has 0 aliphatic carbocycles. The van der Waals surface area contributed by atoms with Crippen molar-refractivity contribution in [3.05, 3.63) is 36.0 Å². The number of nitrogen functional groups attached to an aromatic ring is 1. The first-order chi connectivity index (χ1) is 10.2. The molecule has 2 N–H and O–H groups in total. The molecule has 0 saturated heterocycles. The zero-order valence-corrected chi connectivity index (χ0v) is 12.4. The van der Waals surface area contributed by atoms with Crippen LogP contribution < -0.4 is 10.5 Å². The van der Waals surface area contributed by atoms with E-state index in [1.54, 1.807) is 12.1 Å². The van der Waals surface area contributed by atoms with Crippen LogP contribution >= 0.6 is 0 Å². The van der Waals surface area contributed by atoms with E-state index in [1.807, 2.05) is 19.1 Å². The van der Waals surface area contributed by atoms with Crippen molar-refractivity contribution in [2.45, 2.75) is 39.4 Å². The molecule has 1 heterocycles. The van der Waals surface area contributed by atoms with Crippen molar-refractivity contribution in [1.82, 2.24) is 10.1 Å². The lowest BCUT2D eigenvalue weighted by Gasteiger charge is -2.11. The summed E-state index contributed by atoms with van der Waals surface area (Å²) in [5, 5.41) is 3.97. The summed E-state index contributed by atoms with van der Waals surface area (Å²) in [6.07, 6.45) is 1.73. The van der Waals surface area contributed by atoms with Crippen LogP contribution in [0.5, 0.6) is 5.75 Å². The number of anilines is 1. The Hall–Kier alpha value is -2.08. The van der Waals surface area contributed by atoms with Crippen LogP contribution in [0.3, 0.4) is 0 Å². The topological polar surface area (TPSA) is 83.4 Å². The first-order valence-electron chi connectivity index (χ1n) is 7.16. The molecule has 114 valence electrons. The molecule has 2 rings (SSSR count). The molecule has 0 radical (unpaired) electrons. The largest absolute Gasteiger partial charge is 0.482 e. The van der Waals surface area contributed by atoms with Gasteiger partial charge in [-0.25, -0.2) is 0 Å². The van der Waals surface area contributed by atoms with Crippen LogP contribution in [0.2, 0.25) is 0 Å². The third kappa shape index (κ3) is 4.19. The van der Waals surface area contributed by atoms with E-state index in [2.05, 4.69) is 17.1 Å². The summed E-state index contributed by atoms with van der Waals surface area (Å²) in [4.78, 5) is 4.32. The lowest BCUT2D eigenvalue weighted by molar-refractivity contribution is 0.0477. The lowest BCUT2D eigenvalue weighted by atomic mass is 10.2. The van der Waals surface area contributed by atoms with Crippen molar-refractivity contribution in [2.75, 3.05) is 12.3 Å². The molecule has 0 fully saturated rings. The number of rotatable bonds is 8. The van der Waals surface area contributed by atoms with Crippen LogP contribution in [-0.2, 0) is 11.3 Å². The Labute approximate surface area is 124 Å². The van der Waals surface area contributed by atoms with E-state index in [1.165, 1.54) is 0 Å². The van der Waals surface area contributed by atoms with Gasteiger partial charge in [0.05, 0.1) is 5.69 Å². The summed E-state index contributed by atoms with van der Waals surface area (Å²) in [5.74, 6) is 1.58. The standard InChI is InChI=1S/C15H21N3O3/c1-3-7-13(19-4-2)15-17-14(21-18-15)10-20-12-9-6-5-8-11(12)16/h5-6,8-9,13H,3-4,7,10,16H2,1-2H3. The highest BCUT2D eigenvalue weighted by Gasteiger charge is 2.18. The zero-order valence-electron chi connectivity index (χ0n) is 12.4. The van der Waals surface area contributed by atoms with Crippen molar-refractivity contribution in [3.8, 4) is 5.75 Å². The van der Waals surface area contributed by atoms with E-state index in [9.17, 15) is 0 Å². The van der Waals surface area contributed by atoms with Crippen molar-refractivity contribution in [1.29, 1.82) is 0 Å². The summed E-state index contributed by atoms with van der Waals surface area (Å²) in [5.41, 5.74) is 6.38. The van der Waals surface area contributed by atoms with Gasteiger partial charge in [0.1, 0.15) is 11.9 Å². The molecule has 0 amide bonds. The Morgan fingerprint density at radius 3 is 2.81 bits per heavy atom. The van der Waals surface area contributed by atoms with Crippen LogP contribution in [0.15, 0.2) is 28.8 Å². The van der Waals surface area contributed by atoms with Crippen LogP contribution in [-0.4, -0.2) is 16.7 Å². The third-order valence-electron chi connectivity index (χ3n) is 2.96. The molecule has 0 spiro atoms. The molecule has 0 saturated carbocycles. The molecule has 21 heavy (non-hydrogen) atoms. The van der Waals surface area contributed by atoms with Gasteiger partial charge < -0.3 is 19.7 Å². The number of para-hydroxylation sites is 2. The molecule has 1 aromatic heterocycles. The third-order valence-corrected chi connectivity index (χ3v) is 2.96. The minimum absolute atomic E-state index is 0.126. The highest BCUT2D eigenvalue weighted by Crippen LogP contribution is 2.22. The molecule has 6 heteroatoms. The SMILES string of the molecule is CCCC(OCC)c1noc(COc2ccccc2N)n1. The van der Waals surface area contributed by atoms with Gasteiger partial charge in [0.2, 0.25) is 5.82 Å². The van der Waals surface area contributed by atoms with Gasteiger partial charge in [0, 0.05) is 6.61 Å². The predicted octanol–water partition coefficient (Wildman–Crippen LogP) is 3.11. The van der Waals surface area contributed by atoms with Crippen LogP contribution in [0.1, 0.15) is 44.5 Å². The highest BCUT2D eigenvalue weighted by atomic mass is 16.5. The van der Waals surface area contributed by atoms with Crippen LogP contribution in [0.25, 0.3) is 0 Å². The van der Waals surface area contributed by atoms with E-state index in [-0.39, 0.29) is 12.7 Å². The maximum Gasteiger partial charge on any atom is 0.264 e.